The third-order valence-electron chi connectivity index (χ3n) is 6.24. The van der Waals surface area contributed by atoms with Crippen LogP contribution < -0.4 is 10.1 Å². The van der Waals surface area contributed by atoms with Gasteiger partial charge in [0.2, 0.25) is 5.91 Å². The van der Waals surface area contributed by atoms with Gasteiger partial charge >= 0.3 is 0 Å². The smallest absolute Gasteiger partial charge is 0.262 e. The minimum atomic E-state index is -0.628. The second-order valence-electron chi connectivity index (χ2n) is 8.82. The number of thioether (sulfide) groups is 1. The fourth-order valence-electron chi connectivity index (χ4n) is 4.23. The van der Waals surface area contributed by atoms with Crippen LogP contribution in [-0.2, 0) is 9.59 Å². The van der Waals surface area contributed by atoms with E-state index in [9.17, 15) is 9.59 Å². The lowest BCUT2D eigenvalue weighted by Crippen LogP contribution is -2.25. The lowest BCUT2D eigenvalue weighted by molar-refractivity contribution is -0.121. The van der Waals surface area contributed by atoms with Crippen LogP contribution in [0.25, 0.3) is 0 Å². The van der Waals surface area contributed by atoms with Crippen molar-refractivity contribution >= 4 is 51.7 Å². The van der Waals surface area contributed by atoms with E-state index in [0.29, 0.717) is 22.3 Å². The number of benzene rings is 3. The normalized spacial score (nSPS) is 19.0. The molecular formula is C28H25ClN4O3S. The molecule has 5 rings (SSSR count). The van der Waals surface area contributed by atoms with Gasteiger partial charge in [-0.05, 0) is 54.4 Å². The lowest BCUT2D eigenvalue weighted by atomic mass is 9.98. The molecule has 2 aliphatic heterocycles. The topological polar surface area (TPSA) is 83.4 Å². The number of anilines is 1. The fourth-order valence-corrected chi connectivity index (χ4v) is 5.47. The number of rotatable bonds is 6. The van der Waals surface area contributed by atoms with Gasteiger partial charge in [0.15, 0.2) is 5.17 Å². The summed E-state index contributed by atoms with van der Waals surface area (Å²) in [6.07, 6.45) is 0.640. The summed E-state index contributed by atoms with van der Waals surface area (Å²) in [5.74, 6) is 0.132. The highest BCUT2D eigenvalue weighted by Crippen LogP contribution is 2.39. The van der Waals surface area contributed by atoms with E-state index in [4.69, 9.17) is 21.4 Å². The van der Waals surface area contributed by atoms with Crippen molar-refractivity contribution < 1.29 is 14.3 Å². The molecule has 37 heavy (non-hydrogen) atoms. The van der Waals surface area contributed by atoms with Gasteiger partial charge in [-0.25, -0.2) is 5.01 Å². The number of amidine groups is 1. The average molecular weight is 533 g/mol. The fraction of sp³-hybridized carbons (Fsp3) is 0.214. The van der Waals surface area contributed by atoms with E-state index in [1.807, 2.05) is 36.2 Å². The Hall–Kier alpha value is -3.62. The average Bonchev–Trinajstić information content (AvgIpc) is 3.50. The second-order valence-corrected chi connectivity index (χ2v) is 10.4. The first-order valence-electron chi connectivity index (χ1n) is 11.8. The summed E-state index contributed by atoms with van der Waals surface area (Å²) < 4.78 is 5.28. The number of para-hydroxylation sites is 1. The molecule has 0 spiro atoms. The van der Waals surface area contributed by atoms with Gasteiger partial charge in [0, 0.05) is 12.8 Å². The molecule has 3 aromatic rings. The highest BCUT2D eigenvalue weighted by atomic mass is 35.5. The number of amides is 2. The van der Waals surface area contributed by atoms with E-state index in [2.05, 4.69) is 34.6 Å². The summed E-state index contributed by atoms with van der Waals surface area (Å²) in [4.78, 5) is 29.8. The Morgan fingerprint density at radius 2 is 1.84 bits per heavy atom. The SMILES string of the molecule is COc1ccc(C2=NN(C3=NC(=O)[C@H](CC(=O)Nc4ccccc4Cl)S3)[C@H](c3ccc(C)cc3)C2)cc1. The predicted octanol–water partition coefficient (Wildman–Crippen LogP) is 5.83. The summed E-state index contributed by atoms with van der Waals surface area (Å²) in [5, 5.41) is 9.80. The van der Waals surface area contributed by atoms with Crippen molar-refractivity contribution in [1.82, 2.24) is 5.01 Å². The summed E-state index contributed by atoms with van der Waals surface area (Å²) in [5.41, 5.74) is 4.62. The summed E-state index contributed by atoms with van der Waals surface area (Å²) in [6, 6.07) is 22.9. The Bertz CT molecular complexity index is 1390. The van der Waals surface area contributed by atoms with Crippen LogP contribution in [0.1, 0.15) is 35.6 Å². The van der Waals surface area contributed by atoms with Gasteiger partial charge in [-0.15, -0.1) is 0 Å². The Balaban J connectivity index is 1.36. The van der Waals surface area contributed by atoms with E-state index in [1.54, 1.807) is 31.4 Å². The summed E-state index contributed by atoms with van der Waals surface area (Å²) >= 11 is 7.42. The monoisotopic (exact) mass is 532 g/mol. The Labute approximate surface area is 224 Å². The molecule has 2 heterocycles. The van der Waals surface area contributed by atoms with Gasteiger partial charge in [-0.3, -0.25) is 9.59 Å². The number of halogens is 1. The molecular weight excluding hydrogens is 508 g/mol. The number of nitrogens with zero attached hydrogens (tertiary/aromatic N) is 3. The molecule has 0 radical (unpaired) electrons. The highest BCUT2D eigenvalue weighted by molar-refractivity contribution is 8.15. The third kappa shape index (κ3) is 5.55. The first-order chi connectivity index (χ1) is 17.9. The molecule has 9 heteroatoms. The van der Waals surface area contributed by atoms with Crippen LogP contribution in [0.5, 0.6) is 5.75 Å². The van der Waals surface area contributed by atoms with E-state index < -0.39 is 5.25 Å². The van der Waals surface area contributed by atoms with Crippen LogP contribution in [0.15, 0.2) is 82.9 Å². The Kier molecular flexibility index (Phi) is 7.30. The van der Waals surface area contributed by atoms with Crippen LogP contribution in [-0.4, -0.2) is 40.1 Å². The van der Waals surface area contributed by atoms with Gasteiger partial charge in [0.25, 0.3) is 5.91 Å². The van der Waals surface area contributed by atoms with Crippen molar-refractivity contribution in [3.63, 3.8) is 0 Å². The van der Waals surface area contributed by atoms with Crippen LogP contribution in [0, 0.1) is 6.92 Å². The Morgan fingerprint density at radius 1 is 1.11 bits per heavy atom. The maximum absolute atomic E-state index is 12.8. The number of hydrogen-bond acceptors (Lipinski definition) is 6. The van der Waals surface area contributed by atoms with E-state index in [0.717, 1.165) is 28.2 Å². The number of aliphatic imine (C=N–C) groups is 1. The molecule has 3 aromatic carbocycles. The molecule has 0 bridgehead atoms. The number of hydrazone groups is 1. The van der Waals surface area contributed by atoms with E-state index in [-0.39, 0.29) is 24.3 Å². The van der Waals surface area contributed by atoms with Crippen molar-refractivity contribution in [2.24, 2.45) is 10.1 Å². The quantitative estimate of drug-likeness (QED) is 0.431. The van der Waals surface area contributed by atoms with E-state index >= 15 is 0 Å². The van der Waals surface area contributed by atoms with Gasteiger partial charge < -0.3 is 10.1 Å². The first-order valence-corrected chi connectivity index (χ1v) is 13.1. The van der Waals surface area contributed by atoms with Crippen LogP contribution >= 0.6 is 23.4 Å². The number of nitrogens with one attached hydrogen (secondary N) is 1. The maximum Gasteiger partial charge on any atom is 0.262 e. The number of aryl methyl sites for hydroxylation is 1. The summed E-state index contributed by atoms with van der Waals surface area (Å²) in [6.45, 7) is 2.04. The number of carbonyl (C=O) groups is 2. The van der Waals surface area contributed by atoms with Crippen LogP contribution in [0.3, 0.4) is 0 Å². The first kappa shape index (κ1) is 25.0. The van der Waals surface area contributed by atoms with Crippen molar-refractivity contribution in [3.8, 4) is 5.75 Å². The molecule has 1 N–H and O–H groups in total. The predicted molar refractivity (Wildman–Crippen MR) is 148 cm³/mol. The third-order valence-corrected chi connectivity index (χ3v) is 7.71. The highest BCUT2D eigenvalue weighted by Gasteiger charge is 2.39. The molecule has 0 aromatic heterocycles. The number of methoxy groups -OCH3 is 1. The molecule has 0 fully saturated rings. The zero-order valence-electron chi connectivity index (χ0n) is 20.3. The van der Waals surface area contributed by atoms with Gasteiger partial charge in [-0.1, -0.05) is 65.3 Å². The van der Waals surface area contributed by atoms with Crippen molar-refractivity contribution in [2.45, 2.75) is 31.1 Å². The van der Waals surface area contributed by atoms with Crippen LogP contribution in [0.2, 0.25) is 5.02 Å². The summed E-state index contributed by atoms with van der Waals surface area (Å²) in [7, 11) is 1.63. The van der Waals surface area contributed by atoms with Gasteiger partial charge in [0.05, 0.1) is 29.6 Å². The number of carbonyl (C=O) groups excluding carboxylic acids is 2. The molecule has 0 aliphatic carbocycles. The largest absolute Gasteiger partial charge is 0.497 e. The van der Waals surface area contributed by atoms with E-state index in [1.165, 1.54) is 11.8 Å². The Morgan fingerprint density at radius 3 is 2.54 bits per heavy atom. The molecule has 2 aliphatic rings. The maximum atomic E-state index is 12.8. The minimum absolute atomic E-state index is 0.0141. The molecule has 188 valence electrons. The van der Waals surface area contributed by atoms with Crippen molar-refractivity contribution in [1.29, 1.82) is 0 Å². The molecule has 0 saturated carbocycles. The zero-order chi connectivity index (χ0) is 25.9. The van der Waals surface area contributed by atoms with Gasteiger partial charge in [0.1, 0.15) is 11.0 Å². The minimum Gasteiger partial charge on any atom is -0.497 e. The molecule has 7 nitrogen and oxygen atoms in total. The van der Waals surface area contributed by atoms with Crippen LogP contribution in [0.4, 0.5) is 5.69 Å². The molecule has 2 atom stereocenters. The number of hydrogen-bond donors (Lipinski definition) is 1. The number of ether oxygens (including phenoxy) is 1. The van der Waals surface area contributed by atoms with Gasteiger partial charge in [-0.2, -0.15) is 10.1 Å². The molecule has 0 unspecified atom stereocenters. The van der Waals surface area contributed by atoms with Crippen molar-refractivity contribution in [2.75, 3.05) is 12.4 Å². The molecule has 0 saturated heterocycles. The lowest BCUT2D eigenvalue weighted by Gasteiger charge is -2.23. The zero-order valence-corrected chi connectivity index (χ0v) is 21.9. The second kappa shape index (κ2) is 10.8. The molecule has 2 amide bonds. The standard InChI is InChI=1S/C28H25ClN4O3S/c1-17-7-9-19(10-8-17)24-15-23(18-11-13-20(36-2)14-12-18)32-33(24)28-31-27(35)25(37-28)16-26(34)30-22-6-4-3-5-21(22)29/h3-14,24-25H,15-16H2,1-2H3,(H,30,34)/t24-,25-/m0/s1. The van der Waals surface area contributed by atoms with Crippen molar-refractivity contribution in [3.05, 3.63) is 94.5 Å².